The summed E-state index contributed by atoms with van der Waals surface area (Å²) in [6.45, 7) is 2.21. The molecule has 0 bridgehead atoms. The van der Waals surface area contributed by atoms with E-state index >= 15 is 0 Å². The van der Waals surface area contributed by atoms with Crippen molar-refractivity contribution in [3.8, 4) is 0 Å². The SMILES string of the molecule is C[C@@H](c1ccc(I)cc1)N(C)C. The minimum Gasteiger partial charge on any atom is -0.303 e. The van der Waals surface area contributed by atoms with Gasteiger partial charge in [-0.25, -0.2) is 0 Å². The Morgan fingerprint density at radius 2 is 1.67 bits per heavy atom. The van der Waals surface area contributed by atoms with Gasteiger partial charge in [-0.05, 0) is 61.3 Å². The molecule has 66 valence electrons. The van der Waals surface area contributed by atoms with Crippen LogP contribution in [-0.4, -0.2) is 19.0 Å². The molecule has 1 aromatic rings. The van der Waals surface area contributed by atoms with Crippen molar-refractivity contribution in [3.63, 3.8) is 0 Å². The molecule has 2 heteroatoms. The van der Waals surface area contributed by atoms with Crippen LogP contribution in [0.2, 0.25) is 0 Å². The molecule has 12 heavy (non-hydrogen) atoms. The average molecular weight is 275 g/mol. The first kappa shape index (κ1) is 9.99. The molecule has 0 aliphatic heterocycles. The van der Waals surface area contributed by atoms with Crippen molar-refractivity contribution < 1.29 is 0 Å². The van der Waals surface area contributed by atoms with E-state index in [-0.39, 0.29) is 0 Å². The maximum Gasteiger partial charge on any atom is 0.0313 e. The maximum absolute atomic E-state index is 2.32. The van der Waals surface area contributed by atoms with Gasteiger partial charge in [0, 0.05) is 9.61 Å². The smallest absolute Gasteiger partial charge is 0.0313 e. The van der Waals surface area contributed by atoms with Gasteiger partial charge in [0.05, 0.1) is 0 Å². The van der Waals surface area contributed by atoms with Gasteiger partial charge >= 0.3 is 0 Å². The van der Waals surface area contributed by atoms with Crippen LogP contribution in [-0.2, 0) is 0 Å². The minimum atomic E-state index is 0.502. The fourth-order valence-electron chi connectivity index (χ4n) is 1.04. The molecule has 0 radical (unpaired) electrons. The van der Waals surface area contributed by atoms with Crippen LogP contribution in [0, 0.1) is 3.57 Å². The molecule has 0 heterocycles. The lowest BCUT2D eigenvalue weighted by atomic mass is 10.1. The Morgan fingerprint density at radius 1 is 1.17 bits per heavy atom. The zero-order valence-corrected chi connectivity index (χ0v) is 9.87. The normalized spacial score (nSPS) is 13.4. The Kier molecular flexibility index (Phi) is 3.53. The number of nitrogens with zero attached hydrogens (tertiary/aromatic N) is 1. The van der Waals surface area contributed by atoms with E-state index in [1.165, 1.54) is 9.13 Å². The van der Waals surface area contributed by atoms with Crippen molar-refractivity contribution in [1.29, 1.82) is 0 Å². The fourth-order valence-corrected chi connectivity index (χ4v) is 1.40. The number of benzene rings is 1. The summed E-state index contributed by atoms with van der Waals surface area (Å²) in [4.78, 5) is 2.21. The van der Waals surface area contributed by atoms with E-state index < -0.39 is 0 Å². The standard InChI is InChI=1S/C10H14IN/c1-8(12(2)3)9-4-6-10(11)7-5-9/h4-8H,1-3H3/t8-/m0/s1. The molecule has 0 N–H and O–H groups in total. The van der Waals surface area contributed by atoms with Crippen molar-refractivity contribution in [2.45, 2.75) is 13.0 Å². The Hall–Kier alpha value is -0.0900. The van der Waals surface area contributed by atoms with E-state index in [2.05, 4.69) is 72.8 Å². The van der Waals surface area contributed by atoms with Crippen LogP contribution in [0.25, 0.3) is 0 Å². The minimum absolute atomic E-state index is 0.502. The van der Waals surface area contributed by atoms with Crippen molar-refractivity contribution >= 4 is 22.6 Å². The van der Waals surface area contributed by atoms with Crippen LogP contribution in [0.1, 0.15) is 18.5 Å². The van der Waals surface area contributed by atoms with E-state index in [0.717, 1.165) is 0 Å². The van der Waals surface area contributed by atoms with E-state index in [0.29, 0.717) is 6.04 Å². The van der Waals surface area contributed by atoms with Gasteiger partial charge in [0.1, 0.15) is 0 Å². The summed E-state index contributed by atoms with van der Waals surface area (Å²) in [5.74, 6) is 0. The summed E-state index contributed by atoms with van der Waals surface area (Å²) in [7, 11) is 4.20. The van der Waals surface area contributed by atoms with Gasteiger partial charge in [0.2, 0.25) is 0 Å². The van der Waals surface area contributed by atoms with Crippen LogP contribution in [0.5, 0.6) is 0 Å². The highest BCUT2D eigenvalue weighted by atomic mass is 127. The molecule has 1 aromatic carbocycles. The fraction of sp³-hybridized carbons (Fsp3) is 0.400. The monoisotopic (exact) mass is 275 g/mol. The molecule has 0 fully saturated rings. The number of halogens is 1. The number of hydrogen-bond acceptors (Lipinski definition) is 1. The predicted molar refractivity (Wildman–Crippen MR) is 61.3 cm³/mol. The second kappa shape index (κ2) is 4.23. The van der Waals surface area contributed by atoms with Crippen molar-refractivity contribution in [2.24, 2.45) is 0 Å². The van der Waals surface area contributed by atoms with E-state index in [9.17, 15) is 0 Å². The summed E-state index contributed by atoms with van der Waals surface area (Å²) >= 11 is 2.32. The van der Waals surface area contributed by atoms with Crippen LogP contribution < -0.4 is 0 Å². The molecule has 1 nitrogen and oxygen atoms in total. The van der Waals surface area contributed by atoms with Crippen molar-refractivity contribution in [3.05, 3.63) is 33.4 Å². The van der Waals surface area contributed by atoms with Crippen molar-refractivity contribution in [1.82, 2.24) is 4.90 Å². The Morgan fingerprint density at radius 3 is 2.08 bits per heavy atom. The molecule has 0 aliphatic carbocycles. The van der Waals surface area contributed by atoms with Crippen LogP contribution in [0.15, 0.2) is 24.3 Å². The summed E-state index contributed by atoms with van der Waals surface area (Å²) < 4.78 is 1.29. The Bertz CT molecular complexity index is 241. The number of rotatable bonds is 2. The molecular formula is C10H14IN. The third kappa shape index (κ3) is 2.45. The lowest BCUT2D eigenvalue weighted by molar-refractivity contribution is 0.321. The zero-order valence-electron chi connectivity index (χ0n) is 7.71. The van der Waals surface area contributed by atoms with Crippen LogP contribution in [0.3, 0.4) is 0 Å². The summed E-state index contributed by atoms with van der Waals surface area (Å²) in [6, 6.07) is 9.17. The average Bonchev–Trinajstić information content (AvgIpc) is 2.04. The van der Waals surface area contributed by atoms with Gasteiger partial charge in [0.25, 0.3) is 0 Å². The topological polar surface area (TPSA) is 3.24 Å². The Balaban J connectivity index is 2.82. The third-order valence-corrected chi connectivity index (χ3v) is 2.85. The second-order valence-electron chi connectivity index (χ2n) is 3.19. The predicted octanol–water partition coefficient (Wildman–Crippen LogP) is 2.91. The first-order valence-electron chi connectivity index (χ1n) is 4.03. The lowest BCUT2D eigenvalue weighted by Crippen LogP contribution is -2.16. The molecule has 0 unspecified atom stereocenters. The highest BCUT2D eigenvalue weighted by Crippen LogP contribution is 2.17. The first-order valence-corrected chi connectivity index (χ1v) is 5.11. The third-order valence-electron chi connectivity index (χ3n) is 2.13. The van der Waals surface area contributed by atoms with Gasteiger partial charge < -0.3 is 4.90 Å². The quantitative estimate of drug-likeness (QED) is 0.750. The van der Waals surface area contributed by atoms with Crippen molar-refractivity contribution in [2.75, 3.05) is 14.1 Å². The molecular weight excluding hydrogens is 261 g/mol. The zero-order chi connectivity index (χ0) is 9.14. The molecule has 0 spiro atoms. The molecule has 0 aromatic heterocycles. The highest BCUT2D eigenvalue weighted by Gasteiger charge is 2.05. The highest BCUT2D eigenvalue weighted by molar-refractivity contribution is 14.1. The summed E-state index contributed by atoms with van der Waals surface area (Å²) in [6.07, 6.45) is 0. The van der Waals surface area contributed by atoms with E-state index in [1.54, 1.807) is 0 Å². The molecule has 0 amide bonds. The molecule has 1 atom stereocenters. The number of hydrogen-bond donors (Lipinski definition) is 0. The molecule has 0 saturated heterocycles. The van der Waals surface area contributed by atoms with Gasteiger partial charge in [-0.2, -0.15) is 0 Å². The lowest BCUT2D eigenvalue weighted by Gasteiger charge is -2.19. The molecule has 0 aliphatic rings. The van der Waals surface area contributed by atoms with Gasteiger partial charge in [-0.15, -0.1) is 0 Å². The Labute approximate surface area is 87.9 Å². The van der Waals surface area contributed by atoms with Gasteiger partial charge in [-0.1, -0.05) is 12.1 Å². The first-order chi connectivity index (χ1) is 5.61. The van der Waals surface area contributed by atoms with Gasteiger partial charge in [0.15, 0.2) is 0 Å². The second-order valence-corrected chi connectivity index (χ2v) is 4.44. The molecule has 1 rings (SSSR count). The van der Waals surface area contributed by atoms with Gasteiger partial charge in [-0.3, -0.25) is 0 Å². The van der Waals surface area contributed by atoms with E-state index in [4.69, 9.17) is 0 Å². The van der Waals surface area contributed by atoms with Crippen LogP contribution >= 0.6 is 22.6 Å². The maximum atomic E-state index is 2.32. The largest absolute Gasteiger partial charge is 0.303 e. The van der Waals surface area contributed by atoms with Crippen LogP contribution in [0.4, 0.5) is 0 Å². The summed E-state index contributed by atoms with van der Waals surface area (Å²) in [5, 5.41) is 0. The summed E-state index contributed by atoms with van der Waals surface area (Å²) in [5.41, 5.74) is 1.38. The molecule has 0 saturated carbocycles. The van der Waals surface area contributed by atoms with E-state index in [1.807, 2.05) is 0 Å².